The van der Waals surface area contributed by atoms with Crippen LogP contribution < -0.4 is 10.9 Å². The molecule has 0 saturated carbocycles. The van der Waals surface area contributed by atoms with Crippen molar-refractivity contribution >= 4 is 23.1 Å². The first-order valence-corrected chi connectivity index (χ1v) is 10.0. The molecule has 3 rings (SSSR count). The van der Waals surface area contributed by atoms with Gasteiger partial charge >= 0.3 is 0 Å². The van der Waals surface area contributed by atoms with Gasteiger partial charge in [-0.1, -0.05) is 91.0 Å². The van der Waals surface area contributed by atoms with Gasteiger partial charge in [0.05, 0.1) is 17.1 Å². The van der Waals surface area contributed by atoms with Crippen LogP contribution in [0.5, 0.6) is 0 Å². The Kier molecular flexibility index (Phi) is 7.83. The summed E-state index contributed by atoms with van der Waals surface area (Å²) in [5.41, 5.74) is 11.3. The number of guanidine groups is 1. The summed E-state index contributed by atoms with van der Waals surface area (Å²) >= 11 is 0. The third kappa shape index (κ3) is 6.75. The van der Waals surface area contributed by atoms with Crippen molar-refractivity contribution < 1.29 is 0 Å². The van der Waals surface area contributed by atoms with Gasteiger partial charge in [-0.15, -0.1) is 5.10 Å². The van der Waals surface area contributed by atoms with E-state index in [1.165, 1.54) is 0 Å². The molecule has 0 aliphatic heterocycles. The van der Waals surface area contributed by atoms with E-state index in [4.69, 9.17) is 0 Å². The summed E-state index contributed by atoms with van der Waals surface area (Å²) in [6.07, 6.45) is 0. The number of benzene rings is 3. The van der Waals surface area contributed by atoms with Gasteiger partial charge in [0, 0.05) is 0 Å². The minimum absolute atomic E-state index is 0.320. The smallest absolute Gasteiger partial charge is 0.244 e. The molecule has 0 spiro atoms. The predicted octanol–water partition coefficient (Wildman–Crippen LogP) is 4.79. The summed E-state index contributed by atoms with van der Waals surface area (Å²) in [5.74, 6) is 0.320. The van der Waals surface area contributed by atoms with Crippen LogP contribution in [0.4, 0.5) is 0 Å². The quantitative estimate of drug-likeness (QED) is 0.348. The normalized spacial score (nSPS) is 12.3. The second kappa shape index (κ2) is 11.2. The van der Waals surface area contributed by atoms with E-state index in [0.29, 0.717) is 5.96 Å². The van der Waals surface area contributed by atoms with Crippen molar-refractivity contribution in [3.63, 3.8) is 0 Å². The molecule has 31 heavy (non-hydrogen) atoms. The van der Waals surface area contributed by atoms with Gasteiger partial charge in [-0.05, 0) is 37.5 Å². The van der Waals surface area contributed by atoms with Crippen LogP contribution >= 0.6 is 0 Å². The first-order valence-electron chi connectivity index (χ1n) is 10.0. The first kappa shape index (κ1) is 21.6. The maximum Gasteiger partial charge on any atom is 0.257 e. The Hall–Kier alpha value is -4.06. The second-order valence-electron chi connectivity index (χ2n) is 6.85. The van der Waals surface area contributed by atoms with Crippen LogP contribution in [0.2, 0.25) is 0 Å². The third-order valence-corrected chi connectivity index (χ3v) is 4.53. The van der Waals surface area contributed by atoms with Crippen molar-refractivity contribution in [1.82, 2.24) is 10.9 Å². The first-order chi connectivity index (χ1) is 15.1. The van der Waals surface area contributed by atoms with Crippen LogP contribution in [-0.2, 0) is 0 Å². The highest BCUT2D eigenvalue weighted by Gasteiger charge is 2.02. The highest BCUT2D eigenvalue weighted by atomic mass is 15.5. The van der Waals surface area contributed by atoms with Gasteiger partial charge in [0.15, 0.2) is 0 Å². The fourth-order valence-electron chi connectivity index (χ4n) is 2.69. The van der Waals surface area contributed by atoms with Gasteiger partial charge in [-0.2, -0.15) is 15.3 Å². The van der Waals surface area contributed by atoms with E-state index in [-0.39, 0.29) is 0 Å². The molecule has 0 fully saturated rings. The zero-order valence-corrected chi connectivity index (χ0v) is 17.9. The zero-order valence-electron chi connectivity index (χ0n) is 17.9. The molecule has 0 aliphatic carbocycles. The number of nitrogens with one attached hydrogen (secondary N) is 2. The minimum Gasteiger partial charge on any atom is -0.244 e. The van der Waals surface area contributed by atoms with Crippen LogP contribution in [0.25, 0.3) is 0 Å². The van der Waals surface area contributed by atoms with Crippen LogP contribution in [0.3, 0.4) is 0 Å². The number of hydrazone groups is 2. The molecule has 0 radical (unpaired) electrons. The lowest BCUT2D eigenvalue weighted by atomic mass is 10.1. The molecule has 0 saturated heterocycles. The number of rotatable bonds is 6. The van der Waals surface area contributed by atoms with E-state index in [2.05, 4.69) is 31.3 Å². The standard InChI is InChI=1S/C25H26N6/c1-19(22-13-7-4-8-14-22)26-29-25(30-27-20(2)23-15-9-5-10-16-23)31-28-21(3)24-17-11-6-12-18-24/h4-18H,1-3H3,(H2,29,30,31)/b26-19+,27-20+,28-21+. The Bertz CT molecular complexity index is 1030. The summed E-state index contributed by atoms with van der Waals surface area (Å²) in [7, 11) is 0. The Morgan fingerprint density at radius 3 is 1.23 bits per heavy atom. The molecule has 6 nitrogen and oxygen atoms in total. The average molecular weight is 411 g/mol. The topological polar surface area (TPSA) is 73.5 Å². The molecular weight excluding hydrogens is 384 g/mol. The molecule has 156 valence electrons. The minimum atomic E-state index is 0.320. The highest BCUT2D eigenvalue weighted by Crippen LogP contribution is 2.03. The Balaban J connectivity index is 1.82. The van der Waals surface area contributed by atoms with E-state index in [0.717, 1.165) is 33.8 Å². The molecule has 6 heteroatoms. The summed E-state index contributed by atoms with van der Waals surface area (Å²) in [6.45, 7) is 5.77. The van der Waals surface area contributed by atoms with Crippen LogP contribution in [-0.4, -0.2) is 23.1 Å². The van der Waals surface area contributed by atoms with Gasteiger partial charge in [-0.3, -0.25) is 0 Å². The predicted molar refractivity (Wildman–Crippen MR) is 130 cm³/mol. The Labute approximate surface area is 183 Å². The fraction of sp³-hybridized carbons (Fsp3) is 0.120. The molecule has 3 aromatic rings. The van der Waals surface area contributed by atoms with Crippen molar-refractivity contribution in [1.29, 1.82) is 0 Å². The van der Waals surface area contributed by atoms with Crippen molar-refractivity contribution in [3.8, 4) is 0 Å². The van der Waals surface area contributed by atoms with Gasteiger partial charge in [0.25, 0.3) is 5.96 Å². The molecular formula is C25H26N6. The van der Waals surface area contributed by atoms with Crippen LogP contribution in [0.1, 0.15) is 37.5 Å². The molecule has 3 aromatic carbocycles. The van der Waals surface area contributed by atoms with Gasteiger partial charge in [0.2, 0.25) is 0 Å². The largest absolute Gasteiger partial charge is 0.257 e. The molecule has 0 atom stereocenters. The Morgan fingerprint density at radius 1 is 0.484 bits per heavy atom. The van der Waals surface area contributed by atoms with E-state index in [1.54, 1.807) is 0 Å². The number of hydrogen-bond acceptors (Lipinski definition) is 4. The maximum absolute atomic E-state index is 4.43. The van der Waals surface area contributed by atoms with Crippen molar-refractivity contribution in [2.75, 3.05) is 0 Å². The average Bonchev–Trinajstić information content (AvgIpc) is 2.84. The van der Waals surface area contributed by atoms with Crippen LogP contribution in [0, 0.1) is 0 Å². The number of nitrogens with zero attached hydrogens (tertiary/aromatic N) is 4. The van der Waals surface area contributed by atoms with Gasteiger partial charge < -0.3 is 0 Å². The highest BCUT2D eigenvalue weighted by molar-refractivity contribution is 6.01. The molecule has 0 heterocycles. The maximum atomic E-state index is 4.43. The summed E-state index contributed by atoms with van der Waals surface area (Å²) in [5, 5.41) is 17.5. The third-order valence-electron chi connectivity index (χ3n) is 4.53. The van der Waals surface area contributed by atoms with Crippen LogP contribution in [0.15, 0.2) is 111 Å². The lowest BCUT2D eigenvalue weighted by molar-refractivity contribution is 0.881. The van der Waals surface area contributed by atoms with Gasteiger partial charge in [0.1, 0.15) is 0 Å². The summed E-state index contributed by atoms with van der Waals surface area (Å²) < 4.78 is 0. The SMILES string of the molecule is C/C(=N\N=C(N/N=C(\C)c1ccccc1)N/N=C(\C)c1ccccc1)c1ccccc1. The molecule has 0 aromatic heterocycles. The second-order valence-corrected chi connectivity index (χ2v) is 6.85. The van der Waals surface area contributed by atoms with E-state index >= 15 is 0 Å². The van der Waals surface area contributed by atoms with Crippen molar-refractivity contribution in [2.24, 2.45) is 20.4 Å². The summed E-state index contributed by atoms with van der Waals surface area (Å²) in [6, 6.07) is 29.7. The van der Waals surface area contributed by atoms with Gasteiger partial charge in [-0.25, -0.2) is 10.9 Å². The molecule has 2 N–H and O–H groups in total. The lowest BCUT2D eigenvalue weighted by Gasteiger charge is -2.07. The summed E-state index contributed by atoms with van der Waals surface area (Å²) in [4.78, 5) is 0. The fourth-order valence-corrected chi connectivity index (χ4v) is 2.69. The zero-order chi connectivity index (χ0) is 21.9. The molecule has 0 unspecified atom stereocenters. The van der Waals surface area contributed by atoms with Crippen molar-refractivity contribution in [2.45, 2.75) is 20.8 Å². The van der Waals surface area contributed by atoms with E-state index in [1.807, 2.05) is 112 Å². The molecule has 0 aliphatic rings. The van der Waals surface area contributed by atoms with E-state index < -0.39 is 0 Å². The van der Waals surface area contributed by atoms with Crippen molar-refractivity contribution in [3.05, 3.63) is 108 Å². The lowest BCUT2D eigenvalue weighted by Crippen LogP contribution is -2.32. The van der Waals surface area contributed by atoms with E-state index in [9.17, 15) is 0 Å². The number of hydrogen-bond donors (Lipinski definition) is 2. The molecule has 0 bridgehead atoms. The monoisotopic (exact) mass is 410 g/mol. The Morgan fingerprint density at radius 2 is 0.839 bits per heavy atom. The molecule has 0 amide bonds.